The summed E-state index contributed by atoms with van der Waals surface area (Å²) < 4.78 is 18.7. The Bertz CT molecular complexity index is 3960. The first-order valence-corrected chi connectivity index (χ1v) is 22.3. The van der Waals surface area contributed by atoms with Gasteiger partial charge in [0.15, 0.2) is 28.6 Å². The lowest BCUT2D eigenvalue weighted by Crippen LogP contribution is -2.08. The fraction of sp³-hybridized carbons (Fsp3) is 0.0339. The first-order chi connectivity index (χ1) is 32.6. The summed E-state index contributed by atoms with van der Waals surface area (Å²) in [6.07, 6.45) is 0. The van der Waals surface area contributed by atoms with Gasteiger partial charge in [0.1, 0.15) is 22.5 Å². The quantitative estimate of drug-likeness (QED) is 0.172. The van der Waals surface area contributed by atoms with Crippen molar-refractivity contribution in [3.05, 3.63) is 199 Å². The van der Waals surface area contributed by atoms with Gasteiger partial charge in [0.05, 0.1) is 33.2 Å². The van der Waals surface area contributed by atoms with E-state index >= 15 is 0 Å². The molecule has 0 spiro atoms. The van der Waals surface area contributed by atoms with Gasteiger partial charge in [-0.05, 0) is 73.5 Å². The number of fused-ring (bicyclic) bond motifs is 12. The number of benzene rings is 9. The van der Waals surface area contributed by atoms with Crippen molar-refractivity contribution in [2.75, 3.05) is 0 Å². The van der Waals surface area contributed by atoms with Crippen LogP contribution in [0.1, 0.15) is 11.1 Å². The molecule has 0 unspecified atom stereocenters. The van der Waals surface area contributed by atoms with Crippen LogP contribution in [0.15, 0.2) is 197 Å². The fourth-order valence-electron chi connectivity index (χ4n) is 10.6. The molecule has 14 rings (SSSR count). The van der Waals surface area contributed by atoms with Gasteiger partial charge in [-0.1, -0.05) is 140 Å². The monoisotopic (exact) mass is 847 g/mol. The van der Waals surface area contributed by atoms with Crippen LogP contribution in [-0.2, 0) is 0 Å². The van der Waals surface area contributed by atoms with E-state index in [4.69, 9.17) is 23.8 Å². The summed E-state index contributed by atoms with van der Waals surface area (Å²) in [5.74, 6) is 1.63. The lowest BCUT2D eigenvalue weighted by Gasteiger charge is -2.19. The van der Waals surface area contributed by atoms with Crippen LogP contribution in [0.25, 0.3) is 133 Å². The molecule has 0 fully saturated rings. The van der Waals surface area contributed by atoms with Crippen LogP contribution in [0, 0.1) is 13.8 Å². The molecule has 0 N–H and O–H groups in total. The third-order valence-corrected chi connectivity index (χ3v) is 13.4. The average Bonchev–Trinajstić information content (AvgIpc) is 4.11. The van der Waals surface area contributed by atoms with Crippen molar-refractivity contribution in [3.63, 3.8) is 0 Å². The standard InChI is InChI=1S/C59H37N5O2/c1-34-32-43-41-24-10-16-30-49(41)65-55(43)53(63-45-26-12-6-20-37(45)38-21-7-13-27-46(38)63)51(34)58-60-57(36-18-4-3-5-19-36)61-59(62-58)52-35(2)33-44-42-25-11-17-31-50(42)66-56(44)54(52)64-47-28-14-8-22-39(47)40-23-9-15-29-48(40)64/h3-33H,1-2H3. The smallest absolute Gasteiger partial charge is 0.166 e. The summed E-state index contributed by atoms with van der Waals surface area (Å²) in [5, 5.41) is 8.76. The molecule has 0 saturated carbocycles. The highest BCUT2D eigenvalue weighted by Gasteiger charge is 2.29. The van der Waals surface area contributed by atoms with Gasteiger partial charge in [0.25, 0.3) is 0 Å². The molecule has 0 aliphatic carbocycles. The SMILES string of the molecule is Cc1cc2c(oc3ccccc32)c(-n2c3ccccc3c3ccccc32)c1-c1nc(-c2ccccc2)nc(-c2c(C)cc3c(oc4ccccc43)c2-n2c3ccccc3c3ccccc32)n1. The average molecular weight is 848 g/mol. The van der Waals surface area contributed by atoms with E-state index in [1.54, 1.807) is 0 Å². The second-order valence-electron chi connectivity index (χ2n) is 17.2. The van der Waals surface area contributed by atoms with E-state index in [-0.39, 0.29) is 0 Å². The van der Waals surface area contributed by atoms with Gasteiger partial charge < -0.3 is 18.0 Å². The molecule has 0 amide bonds. The molecule has 7 nitrogen and oxygen atoms in total. The van der Waals surface area contributed by atoms with Crippen LogP contribution >= 0.6 is 0 Å². The van der Waals surface area contributed by atoms with E-state index in [0.29, 0.717) is 17.5 Å². The lowest BCUT2D eigenvalue weighted by atomic mass is 9.99. The van der Waals surface area contributed by atoms with Gasteiger partial charge in [0.2, 0.25) is 0 Å². The van der Waals surface area contributed by atoms with Gasteiger partial charge in [-0.2, -0.15) is 0 Å². The Morgan fingerprint density at radius 1 is 0.333 bits per heavy atom. The molecule has 0 saturated heterocycles. The molecule has 0 atom stereocenters. The Balaban J connectivity index is 1.16. The van der Waals surface area contributed by atoms with Gasteiger partial charge in [-0.25, -0.2) is 15.0 Å². The molecule has 5 heterocycles. The Morgan fingerprint density at radius 2 is 0.667 bits per heavy atom. The Morgan fingerprint density at radius 3 is 1.08 bits per heavy atom. The first-order valence-electron chi connectivity index (χ1n) is 22.3. The zero-order valence-electron chi connectivity index (χ0n) is 36.0. The number of aryl methyl sites for hydroxylation is 2. The minimum atomic E-state index is 0.535. The predicted molar refractivity (Wildman–Crippen MR) is 269 cm³/mol. The summed E-state index contributed by atoms with van der Waals surface area (Å²) in [4.78, 5) is 16.6. The summed E-state index contributed by atoms with van der Waals surface area (Å²) in [6, 6.07) is 65.6. The molecule has 9 aromatic carbocycles. The van der Waals surface area contributed by atoms with Crippen LogP contribution in [0.4, 0.5) is 0 Å². The molecule has 0 radical (unpaired) electrons. The maximum Gasteiger partial charge on any atom is 0.166 e. The van der Waals surface area contributed by atoms with Crippen LogP contribution in [0.2, 0.25) is 0 Å². The van der Waals surface area contributed by atoms with Crippen molar-refractivity contribution in [2.24, 2.45) is 0 Å². The Kier molecular flexibility index (Phi) is 7.69. The maximum atomic E-state index is 6.99. The van der Waals surface area contributed by atoms with Gasteiger partial charge in [0, 0.05) is 48.7 Å². The number of aromatic nitrogens is 5. The van der Waals surface area contributed by atoms with Gasteiger partial charge in [-0.15, -0.1) is 0 Å². The molecule has 66 heavy (non-hydrogen) atoms. The fourth-order valence-corrected chi connectivity index (χ4v) is 10.6. The second-order valence-corrected chi connectivity index (χ2v) is 17.2. The zero-order chi connectivity index (χ0) is 43.6. The van der Waals surface area contributed by atoms with Crippen molar-refractivity contribution in [3.8, 4) is 45.5 Å². The highest BCUT2D eigenvalue weighted by molar-refractivity contribution is 6.17. The van der Waals surface area contributed by atoms with E-state index in [0.717, 1.165) is 127 Å². The second kappa shape index (κ2) is 13.8. The Hall–Kier alpha value is -8.81. The van der Waals surface area contributed by atoms with Crippen LogP contribution in [0.3, 0.4) is 0 Å². The van der Waals surface area contributed by atoms with Crippen molar-refractivity contribution < 1.29 is 8.83 Å². The van der Waals surface area contributed by atoms with E-state index in [9.17, 15) is 0 Å². The summed E-state index contributed by atoms with van der Waals surface area (Å²) in [7, 11) is 0. The number of hydrogen-bond acceptors (Lipinski definition) is 5. The van der Waals surface area contributed by atoms with Crippen LogP contribution in [-0.4, -0.2) is 24.1 Å². The minimum absolute atomic E-state index is 0.535. The molecule has 0 bridgehead atoms. The van der Waals surface area contributed by atoms with E-state index in [2.05, 4.69) is 169 Å². The van der Waals surface area contributed by atoms with Gasteiger partial charge >= 0.3 is 0 Å². The van der Waals surface area contributed by atoms with Crippen molar-refractivity contribution in [2.45, 2.75) is 13.8 Å². The predicted octanol–water partition coefficient (Wildman–Crippen LogP) is 15.5. The summed E-state index contributed by atoms with van der Waals surface area (Å²) in [6.45, 7) is 4.32. The third-order valence-electron chi connectivity index (χ3n) is 13.4. The maximum absolute atomic E-state index is 6.99. The molecule has 0 aliphatic rings. The molecular weight excluding hydrogens is 811 g/mol. The molecule has 5 aromatic heterocycles. The van der Waals surface area contributed by atoms with Gasteiger partial charge in [-0.3, -0.25) is 0 Å². The minimum Gasteiger partial charge on any atom is -0.454 e. The molecule has 310 valence electrons. The number of hydrogen-bond donors (Lipinski definition) is 0. The van der Waals surface area contributed by atoms with E-state index in [1.807, 2.05) is 42.5 Å². The van der Waals surface area contributed by atoms with Crippen molar-refractivity contribution in [1.82, 2.24) is 24.1 Å². The molecular formula is C59H37N5O2. The number of para-hydroxylation sites is 6. The first kappa shape index (κ1) is 36.7. The molecule has 0 aliphatic heterocycles. The van der Waals surface area contributed by atoms with Crippen molar-refractivity contribution >= 4 is 87.5 Å². The van der Waals surface area contributed by atoms with Crippen molar-refractivity contribution in [1.29, 1.82) is 0 Å². The lowest BCUT2D eigenvalue weighted by molar-refractivity contribution is 0.666. The number of nitrogens with zero attached hydrogens (tertiary/aromatic N) is 5. The van der Waals surface area contributed by atoms with Crippen LogP contribution < -0.4 is 0 Å². The number of furan rings is 2. The molecule has 7 heteroatoms. The normalized spacial score (nSPS) is 12.1. The zero-order valence-corrected chi connectivity index (χ0v) is 36.0. The highest BCUT2D eigenvalue weighted by Crippen LogP contribution is 2.47. The summed E-state index contributed by atoms with van der Waals surface area (Å²) in [5.41, 5.74) is 13.8. The largest absolute Gasteiger partial charge is 0.454 e. The molecule has 14 aromatic rings. The highest BCUT2D eigenvalue weighted by atomic mass is 16.3. The summed E-state index contributed by atoms with van der Waals surface area (Å²) >= 11 is 0. The number of rotatable bonds is 5. The van der Waals surface area contributed by atoms with E-state index in [1.165, 1.54) is 0 Å². The van der Waals surface area contributed by atoms with Crippen LogP contribution in [0.5, 0.6) is 0 Å². The topological polar surface area (TPSA) is 74.8 Å². The van der Waals surface area contributed by atoms with E-state index < -0.39 is 0 Å². The third kappa shape index (κ3) is 5.16. The Labute approximate surface area is 377 Å².